The zero-order chi connectivity index (χ0) is 17.4. The predicted octanol–water partition coefficient (Wildman–Crippen LogP) is 3.15. The third-order valence-electron chi connectivity index (χ3n) is 3.65. The number of nitrogens with zero attached hydrogens (tertiary/aromatic N) is 1. The summed E-state index contributed by atoms with van der Waals surface area (Å²) in [5.41, 5.74) is 1.15. The standard InChI is InChI=1S/C16H15NO5S2/c1-3-12-13(16(19)20)17-14(23)11(15(17)24-12)6-9-4-5-10(22-9)7-21-8(2)18/h4-6,15H,3,7H2,1-2H3,(H,19,20)/b11-6+/t15-/m0/s1. The molecule has 24 heavy (non-hydrogen) atoms. The Morgan fingerprint density at radius 2 is 2.25 bits per heavy atom. The lowest BCUT2D eigenvalue weighted by atomic mass is 10.0. The Kier molecular flexibility index (Phi) is 4.51. The molecule has 2 aliphatic heterocycles. The SMILES string of the molecule is CCC1=C(C(=O)O)N2C(=S)/C(=C\c3ccc(COC(C)=O)o3)[C@@H]2S1. The summed E-state index contributed by atoms with van der Waals surface area (Å²) in [6, 6.07) is 3.50. The molecule has 1 aromatic heterocycles. The molecule has 1 N–H and O–H groups in total. The molecule has 0 radical (unpaired) electrons. The number of hydrogen-bond acceptors (Lipinski definition) is 6. The van der Waals surface area contributed by atoms with E-state index in [2.05, 4.69) is 0 Å². The van der Waals surface area contributed by atoms with E-state index in [4.69, 9.17) is 21.4 Å². The first-order valence-corrected chi connectivity index (χ1v) is 8.61. The number of rotatable bonds is 5. The molecular weight excluding hydrogens is 350 g/mol. The molecule has 0 aliphatic carbocycles. The molecule has 0 spiro atoms. The summed E-state index contributed by atoms with van der Waals surface area (Å²) in [7, 11) is 0. The number of carboxylic acids is 1. The maximum atomic E-state index is 11.4. The number of carbonyl (C=O) groups excluding carboxylic acids is 1. The Bertz CT molecular complexity index is 792. The van der Waals surface area contributed by atoms with Gasteiger partial charge in [-0.2, -0.15) is 0 Å². The second-order valence-electron chi connectivity index (χ2n) is 5.26. The van der Waals surface area contributed by atoms with Crippen LogP contribution in [0, 0.1) is 0 Å². The van der Waals surface area contributed by atoms with Gasteiger partial charge in [0.1, 0.15) is 34.2 Å². The van der Waals surface area contributed by atoms with Crippen LogP contribution in [0.25, 0.3) is 6.08 Å². The van der Waals surface area contributed by atoms with Crippen LogP contribution in [0.5, 0.6) is 0 Å². The number of allylic oxidation sites excluding steroid dienone is 1. The number of carbonyl (C=O) groups is 2. The van der Waals surface area contributed by atoms with Crippen LogP contribution in [0.2, 0.25) is 0 Å². The molecule has 1 atom stereocenters. The lowest BCUT2D eigenvalue weighted by Gasteiger charge is -2.40. The number of aliphatic carboxylic acids is 1. The van der Waals surface area contributed by atoms with Gasteiger partial charge in [-0.25, -0.2) is 4.79 Å². The number of thiocarbonyl (C=S) groups is 1. The van der Waals surface area contributed by atoms with Crippen molar-refractivity contribution in [2.75, 3.05) is 0 Å². The number of ether oxygens (including phenoxy) is 1. The van der Waals surface area contributed by atoms with Crippen LogP contribution in [-0.2, 0) is 20.9 Å². The van der Waals surface area contributed by atoms with E-state index in [1.165, 1.54) is 18.7 Å². The molecule has 3 rings (SSSR count). The molecule has 8 heteroatoms. The minimum Gasteiger partial charge on any atom is -0.477 e. The predicted molar refractivity (Wildman–Crippen MR) is 92.9 cm³/mol. The zero-order valence-electron chi connectivity index (χ0n) is 13.1. The van der Waals surface area contributed by atoms with Gasteiger partial charge in [0.2, 0.25) is 0 Å². The highest BCUT2D eigenvalue weighted by Gasteiger charge is 2.49. The Morgan fingerprint density at radius 3 is 2.88 bits per heavy atom. The summed E-state index contributed by atoms with van der Waals surface area (Å²) in [5, 5.41) is 9.28. The highest BCUT2D eigenvalue weighted by atomic mass is 32.2. The van der Waals surface area contributed by atoms with Crippen molar-refractivity contribution in [3.63, 3.8) is 0 Å². The maximum absolute atomic E-state index is 11.4. The van der Waals surface area contributed by atoms with Crippen LogP contribution >= 0.6 is 24.0 Å². The van der Waals surface area contributed by atoms with E-state index in [1.807, 2.05) is 13.0 Å². The topological polar surface area (TPSA) is 80.0 Å². The van der Waals surface area contributed by atoms with E-state index in [9.17, 15) is 14.7 Å². The van der Waals surface area contributed by atoms with Gasteiger partial charge >= 0.3 is 11.9 Å². The molecule has 1 aromatic rings. The minimum absolute atomic E-state index is 0.0813. The van der Waals surface area contributed by atoms with Crippen molar-refractivity contribution in [1.82, 2.24) is 4.90 Å². The fourth-order valence-corrected chi connectivity index (χ4v) is 4.43. The maximum Gasteiger partial charge on any atom is 0.353 e. The summed E-state index contributed by atoms with van der Waals surface area (Å²) >= 11 is 6.87. The molecule has 1 fully saturated rings. The highest BCUT2D eigenvalue weighted by molar-refractivity contribution is 8.04. The van der Waals surface area contributed by atoms with Crippen LogP contribution in [0.4, 0.5) is 0 Å². The summed E-state index contributed by atoms with van der Waals surface area (Å²) in [6.45, 7) is 3.35. The minimum atomic E-state index is -0.954. The second kappa shape index (κ2) is 6.45. The normalized spacial score (nSPS) is 21.1. The molecule has 0 amide bonds. The van der Waals surface area contributed by atoms with Gasteiger partial charge in [0.25, 0.3) is 0 Å². The quantitative estimate of drug-likeness (QED) is 0.484. The van der Waals surface area contributed by atoms with E-state index < -0.39 is 5.97 Å². The van der Waals surface area contributed by atoms with Crippen molar-refractivity contribution in [1.29, 1.82) is 0 Å². The summed E-state index contributed by atoms with van der Waals surface area (Å²) in [6.07, 6.45) is 2.47. The van der Waals surface area contributed by atoms with Gasteiger partial charge in [-0.05, 0) is 24.6 Å². The molecule has 0 aromatic carbocycles. The van der Waals surface area contributed by atoms with Crippen LogP contribution in [-0.4, -0.2) is 32.3 Å². The number of fused-ring (bicyclic) bond motifs is 1. The van der Waals surface area contributed by atoms with Gasteiger partial charge < -0.3 is 19.2 Å². The van der Waals surface area contributed by atoms with E-state index in [1.54, 1.807) is 17.0 Å². The molecule has 0 bridgehead atoms. The van der Waals surface area contributed by atoms with Gasteiger partial charge in [-0.3, -0.25) is 4.79 Å². The van der Waals surface area contributed by atoms with Crippen molar-refractivity contribution in [2.45, 2.75) is 32.2 Å². The van der Waals surface area contributed by atoms with Crippen LogP contribution in [0.3, 0.4) is 0 Å². The summed E-state index contributed by atoms with van der Waals surface area (Å²) in [4.78, 5) is 25.3. The van der Waals surface area contributed by atoms with Gasteiger partial charge in [0, 0.05) is 17.4 Å². The Labute approximate surface area is 148 Å². The average molecular weight is 365 g/mol. The lowest BCUT2D eigenvalue weighted by Crippen LogP contribution is -2.50. The Balaban J connectivity index is 1.77. The molecular formula is C16H15NO5S2. The van der Waals surface area contributed by atoms with E-state index >= 15 is 0 Å². The van der Waals surface area contributed by atoms with Gasteiger partial charge in [0.15, 0.2) is 0 Å². The number of esters is 1. The zero-order valence-corrected chi connectivity index (χ0v) is 14.7. The molecule has 2 aliphatic rings. The third-order valence-corrected chi connectivity index (χ3v) is 5.53. The third kappa shape index (κ3) is 2.87. The van der Waals surface area contributed by atoms with Gasteiger partial charge in [-0.1, -0.05) is 30.9 Å². The van der Waals surface area contributed by atoms with Crippen molar-refractivity contribution in [3.8, 4) is 0 Å². The monoisotopic (exact) mass is 365 g/mol. The van der Waals surface area contributed by atoms with E-state index in [-0.39, 0.29) is 23.6 Å². The Morgan fingerprint density at radius 1 is 1.50 bits per heavy atom. The molecule has 3 heterocycles. The smallest absolute Gasteiger partial charge is 0.353 e. The largest absolute Gasteiger partial charge is 0.477 e. The molecule has 6 nitrogen and oxygen atoms in total. The summed E-state index contributed by atoms with van der Waals surface area (Å²) in [5.74, 6) is -0.192. The lowest BCUT2D eigenvalue weighted by molar-refractivity contribution is -0.142. The fourth-order valence-electron chi connectivity index (χ4n) is 2.57. The van der Waals surface area contributed by atoms with Gasteiger partial charge in [-0.15, -0.1) is 0 Å². The number of hydrogen-bond donors (Lipinski definition) is 1. The molecule has 0 unspecified atom stereocenters. The van der Waals surface area contributed by atoms with E-state index in [0.717, 1.165) is 10.5 Å². The highest BCUT2D eigenvalue weighted by Crippen LogP contribution is 2.51. The first-order chi connectivity index (χ1) is 11.4. The first-order valence-electron chi connectivity index (χ1n) is 7.32. The number of furan rings is 1. The second-order valence-corrected chi connectivity index (χ2v) is 6.82. The van der Waals surface area contributed by atoms with Gasteiger partial charge in [0.05, 0.1) is 0 Å². The number of thioether (sulfide) groups is 1. The van der Waals surface area contributed by atoms with Crippen molar-refractivity contribution >= 4 is 47.0 Å². The van der Waals surface area contributed by atoms with Crippen molar-refractivity contribution in [3.05, 3.63) is 39.8 Å². The van der Waals surface area contributed by atoms with Crippen LogP contribution < -0.4 is 0 Å². The fraction of sp³-hybridized carbons (Fsp3) is 0.312. The molecule has 1 saturated heterocycles. The first kappa shape index (κ1) is 16.8. The van der Waals surface area contributed by atoms with Crippen molar-refractivity contribution < 1.29 is 23.8 Å². The number of carboxylic acid groups (broad SMARTS) is 1. The molecule has 126 valence electrons. The average Bonchev–Trinajstić information content (AvgIpc) is 3.12. The van der Waals surface area contributed by atoms with Crippen molar-refractivity contribution in [2.24, 2.45) is 0 Å². The summed E-state index contributed by atoms with van der Waals surface area (Å²) < 4.78 is 10.5. The Hall–Kier alpha value is -2.06. The molecule has 0 saturated carbocycles. The van der Waals surface area contributed by atoms with E-state index in [0.29, 0.717) is 22.9 Å². The van der Waals surface area contributed by atoms with Crippen LogP contribution in [0.1, 0.15) is 31.8 Å². The van der Waals surface area contributed by atoms with Crippen LogP contribution in [0.15, 0.2) is 32.7 Å².